The van der Waals surface area contributed by atoms with Crippen LogP contribution >= 0.6 is 0 Å². The normalized spacial score (nSPS) is 19.5. The molecule has 0 atom stereocenters. The van der Waals surface area contributed by atoms with Gasteiger partial charge >= 0.3 is 0 Å². The number of ether oxygens (including phenoxy) is 2. The van der Waals surface area contributed by atoms with Crippen LogP contribution in [0.2, 0.25) is 0 Å². The van der Waals surface area contributed by atoms with Gasteiger partial charge in [-0.3, -0.25) is 0 Å². The Morgan fingerprint density at radius 1 is 0.553 bits per heavy atom. The van der Waals surface area contributed by atoms with Crippen LogP contribution in [-0.2, 0) is 36.6 Å². The van der Waals surface area contributed by atoms with Crippen LogP contribution in [0.3, 0.4) is 0 Å². The number of anilines is 1. The van der Waals surface area contributed by atoms with Gasteiger partial charge in [-0.15, -0.1) is 41.3 Å². The third-order valence-corrected chi connectivity index (χ3v) is 18.8. The van der Waals surface area contributed by atoms with Gasteiger partial charge in [0, 0.05) is 66.7 Å². The molecule has 0 amide bonds. The van der Waals surface area contributed by atoms with E-state index in [-0.39, 0.29) is 31.9 Å². The first-order valence-electron chi connectivity index (χ1n) is 29.9. The summed E-state index contributed by atoms with van der Waals surface area (Å²) in [6, 6.07) is 85.7. The van der Waals surface area contributed by atoms with E-state index in [1.165, 1.54) is 55.0 Å². The zero-order valence-corrected chi connectivity index (χ0v) is 50.2. The molecule has 4 aliphatic carbocycles. The van der Waals surface area contributed by atoms with Gasteiger partial charge in [-0.25, -0.2) is 4.98 Å². The molecule has 6 aliphatic rings. The van der Waals surface area contributed by atoms with E-state index < -0.39 is 0 Å². The summed E-state index contributed by atoms with van der Waals surface area (Å²) in [6.07, 6.45) is 12.1. The molecule has 0 saturated heterocycles. The predicted molar refractivity (Wildman–Crippen MR) is 341 cm³/mol. The molecular formula is C78H63N4O2Pt-3. The molecule has 4 bridgehead atoms. The van der Waals surface area contributed by atoms with E-state index in [2.05, 4.69) is 260 Å². The van der Waals surface area contributed by atoms with Crippen molar-refractivity contribution in [2.24, 2.45) is 17.8 Å². The Bertz CT molecular complexity index is 4280. The smallest absolute Gasteiger partial charge is 0.184 e. The third kappa shape index (κ3) is 9.24. The number of rotatable bonds is 11. The number of nitrogens with zero attached hydrogens (tertiary/aromatic N) is 4. The Hall–Kier alpha value is -8.70. The van der Waals surface area contributed by atoms with Crippen molar-refractivity contribution in [3.63, 3.8) is 0 Å². The average Bonchev–Trinajstić information content (AvgIpc) is 1.80. The molecule has 9 aromatic carbocycles. The number of hydrogen-bond acceptors (Lipinski definition) is 5. The Balaban J connectivity index is 0.00000613. The van der Waals surface area contributed by atoms with E-state index in [4.69, 9.17) is 14.5 Å². The fourth-order valence-corrected chi connectivity index (χ4v) is 15.3. The first-order valence-corrected chi connectivity index (χ1v) is 29.9. The second kappa shape index (κ2) is 21.1. The van der Waals surface area contributed by atoms with Crippen molar-refractivity contribution < 1.29 is 30.5 Å². The predicted octanol–water partition coefficient (Wildman–Crippen LogP) is 19.6. The monoisotopic (exact) mass is 1280 g/mol. The van der Waals surface area contributed by atoms with Crippen LogP contribution < -0.4 is 9.64 Å². The van der Waals surface area contributed by atoms with Crippen LogP contribution in [0.25, 0.3) is 83.5 Å². The number of fused-ring (bicyclic) bond motifs is 4. The minimum Gasteiger partial charge on any atom is -0.503 e. The molecule has 17 rings (SSSR count). The van der Waals surface area contributed by atoms with Gasteiger partial charge in [0.2, 0.25) is 0 Å². The van der Waals surface area contributed by atoms with Crippen LogP contribution in [0.15, 0.2) is 237 Å². The largest absolute Gasteiger partial charge is 0.503 e. The van der Waals surface area contributed by atoms with Crippen molar-refractivity contribution in [3.8, 4) is 61.8 Å². The Labute approximate surface area is 513 Å². The Morgan fingerprint density at radius 2 is 1.11 bits per heavy atom. The van der Waals surface area contributed by atoms with Crippen LogP contribution in [-0.4, -0.2) is 14.5 Å². The quantitative estimate of drug-likeness (QED) is 0.121. The molecule has 4 fully saturated rings. The summed E-state index contributed by atoms with van der Waals surface area (Å²) in [5.41, 5.74) is 18.5. The van der Waals surface area contributed by atoms with E-state index in [1.54, 1.807) is 0 Å². The summed E-state index contributed by atoms with van der Waals surface area (Å²) in [4.78, 5) is 9.61. The standard InChI is InChI=1S/C78H63N4O2.Pt/c1-77(2,3)59-37-38-79-72(44-59)82-69-36-33-60(78-46-51-39-52(47-78)41-53(40-51)48-78)43-68(69)67-35-34-62(45-70(67)82)84-61-28-16-27-58(42-61)71-49-83-76-75(73-63(54-19-8-4-9-20-54)29-17-30-64(73)55-21-10-5-11-22-55)81(50-80(71)76)74-65(56-23-12-6-13-24-56)31-18-32-66(74)57-25-14-7-15-26-57;/h4-38,43-44,49-53H,39-41,46-48H2,1-3H3;/q-3;. The van der Waals surface area contributed by atoms with Gasteiger partial charge in [0.1, 0.15) is 5.82 Å². The van der Waals surface area contributed by atoms with Crippen LogP contribution in [0.1, 0.15) is 81.5 Å². The SMILES string of the molecule is CC(C)(C)c1ccnc(-n2c3[c-]c(Oc4[c-]c(C5=COC6=C(c7c(-c8ccccc8)cccc7-c7ccccc7)N(c7c(-c8ccccc8)cccc7-c7ccccc7)[CH-]N56)ccc4)ccc3c3cc(C45CC6CC(CC(C6)C4)C5)ccc32)c1.[Pt]. The fourth-order valence-electron chi connectivity index (χ4n) is 15.3. The van der Waals surface area contributed by atoms with Crippen molar-refractivity contribution in [1.29, 1.82) is 0 Å². The molecule has 0 unspecified atom stereocenters. The van der Waals surface area contributed by atoms with Crippen molar-refractivity contribution in [2.75, 3.05) is 4.90 Å². The summed E-state index contributed by atoms with van der Waals surface area (Å²) in [5, 5.41) is 2.39. The van der Waals surface area contributed by atoms with Gasteiger partial charge in [0.15, 0.2) is 5.88 Å². The molecule has 7 heteroatoms. The molecule has 0 N–H and O–H groups in total. The van der Waals surface area contributed by atoms with E-state index >= 15 is 0 Å². The summed E-state index contributed by atoms with van der Waals surface area (Å²) < 4.78 is 16.3. The minimum absolute atomic E-state index is 0. The molecule has 2 aromatic heterocycles. The van der Waals surface area contributed by atoms with E-state index in [9.17, 15) is 0 Å². The number of pyridine rings is 1. The molecule has 6 nitrogen and oxygen atoms in total. The average molecular weight is 1280 g/mol. The summed E-state index contributed by atoms with van der Waals surface area (Å²) in [6.45, 7) is 8.99. The number of para-hydroxylation sites is 1. The zero-order valence-electron chi connectivity index (χ0n) is 47.9. The number of hydrogen-bond donors (Lipinski definition) is 0. The molecule has 2 aliphatic heterocycles. The number of aromatic nitrogens is 2. The van der Waals surface area contributed by atoms with E-state index in [0.717, 1.165) is 113 Å². The van der Waals surface area contributed by atoms with E-state index in [1.807, 2.05) is 24.6 Å². The molecule has 85 heavy (non-hydrogen) atoms. The van der Waals surface area contributed by atoms with Crippen LogP contribution in [0.5, 0.6) is 11.5 Å². The summed E-state index contributed by atoms with van der Waals surface area (Å²) in [7, 11) is 0. The first kappa shape index (κ1) is 53.1. The molecule has 0 spiro atoms. The van der Waals surface area contributed by atoms with Crippen LogP contribution in [0, 0.1) is 36.6 Å². The molecule has 4 heterocycles. The summed E-state index contributed by atoms with van der Waals surface area (Å²) >= 11 is 0. The van der Waals surface area contributed by atoms with Gasteiger partial charge < -0.3 is 23.8 Å². The van der Waals surface area contributed by atoms with Gasteiger partial charge in [-0.2, -0.15) is 12.7 Å². The van der Waals surface area contributed by atoms with Gasteiger partial charge in [-0.05, 0) is 141 Å². The second-order valence-electron chi connectivity index (χ2n) is 25.1. The minimum atomic E-state index is -0.0560. The Morgan fingerprint density at radius 3 is 1.69 bits per heavy atom. The van der Waals surface area contributed by atoms with Gasteiger partial charge in [0.25, 0.3) is 0 Å². The molecular weight excluding hydrogens is 1220 g/mol. The fraction of sp³-hybridized carbons (Fsp3) is 0.179. The summed E-state index contributed by atoms with van der Waals surface area (Å²) in [5.74, 6) is 5.33. The van der Waals surface area contributed by atoms with Crippen molar-refractivity contribution in [1.82, 2.24) is 14.5 Å². The van der Waals surface area contributed by atoms with Gasteiger partial charge in [0.05, 0.1) is 12.0 Å². The molecule has 0 radical (unpaired) electrons. The van der Waals surface area contributed by atoms with E-state index in [0.29, 0.717) is 17.4 Å². The van der Waals surface area contributed by atoms with Crippen molar-refractivity contribution >= 4 is 38.9 Å². The number of benzene rings is 9. The third-order valence-electron chi connectivity index (χ3n) is 18.8. The zero-order chi connectivity index (χ0) is 56.1. The second-order valence-corrected chi connectivity index (χ2v) is 25.1. The maximum absolute atomic E-state index is 7.03. The van der Waals surface area contributed by atoms with Crippen molar-refractivity contribution in [3.05, 3.63) is 278 Å². The molecule has 420 valence electrons. The Kier molecular flexibility index (Phi) is 13.2. The van der Waals surface area contributed by atoms with Crippen molar-refractivity contribution in [2.45, 2.75) is 70.1 Å². The maximum Gasteiger partial charge on any atom is 0.184 e. The molecule has 11 aromatic rings. The first-order chi connectivity index (χ1) is 41.2. The van der Waals surface area contributed by atoms with Gasteiger partial charge in [-0.1, -0.05) is 202 Å². The molecule has 4 saturated carbocycles. The van der Waals surface area contributed by atoms with Crippen LogP contribution in [0.4, 0.5) is 5.69 Å². The topological polar surface area (TPSA) is 42.8 Å². The maximum atomic E-state index is 7.03.